The molecule has 5 rings (SSSR count). The maximum absolute atomic E-state index is 11.9. The highest BCUT2D eigenvalue weighted by Gasteiger charge is 2.39. The van der Waals surface area contributed by atoms with Gasteiger partial charge in [0.05, 0.1) is 42.0 Å². The molecule has 0 atom stereocenters. The van der Waals surface area contributed by atoms with E-state index in [0.29, 0.717) is 18.2 Å². The number of ether oxygens (including phenoxy) is 3. The summed E-state index contributed by atoms with van der Waals surface area (Å²) in [6, 6.07) is 19.6. The molecule has 9 nitrogen and oxygen atoms in total. The average molecular weight is 561 g/mol. The van der Waals surface area contributed by atoms with Gasteiger partial charge in [0.15, 0.2) is 11.5 Å². The molecule has 4 aromatic rings. The number of carbonyl (C=O) groups is 1. The van der Waals surface area contributed by atoms with Gasteiger partial charge in [0.25, 0.3) is 0 Å². The Morgan fingerprint density at radius 1 is 1.12 bits per heavy atom. The van der Waals surface area contributed by atoms with Gasteiger partial charge in [-0.15, -0.1) is 0 Å². The molecule has 0 saturated carbocycles. The van der Waals surface area contributed by atoms with Gasteiger partial charge in [-0.25, -0.2) is 9.78 Å². The van der Waals surface area contributed by atoms with E-state index in [1.165, 1.54) is 19.2 Å². The SMILES string of the molecule is COc1cc(C(=O)O)c(CCC2(c3cccc(/C=C/c4ccc5ccc(Cl)cc5n4)c3)OCCO2)cc1[N+](=O)[O-]. The Morgan fingerprint density at radius 3 is 2.62 bits per heavy atom. The van der Waals surface area contributed by atoms with E-state index in [4.69, 9.17) is 25.8 Å². The summed E-state index contributed by atoms with van der Waals surface area (Å²) < 4.78 is 17.2. The number of fused-ring (bicyclic) bond motifs is 1. The molecule has 0 bridgehead atoms. The fraction of sp³-hybridized carbons (Fsp3) is 0.200. The van der Waals surface area contributed by atoms with Crippen LogP contribution in [-0.2, 0) is 21.7 Å². The summed E-state index contributed by atoms with van der Waals surface area (Å²) in [5, 5.41) is 22.9. The van der Waals surface area contributed by atoms with Crippen molar-refractivity contribution < 1.29 is 29.0 Å². The first kappa shape index (κ1) is 27.3. The second kappa shape index (κ2) is 11.4. The second-order valence-electron chi connectivity index (χ2n) is 9.23. The lowest BCUT2D eigenvalue weighted by molar-refractivity contribution is -0.385. The Balaban J connectivity index is 1.42. The molecule has 1 aliphatic heterocycles. The number of aryl methyl sites for hydroxylation is 1. The van der Waals surface area contributed by atoms with Gasteiger partial charge in [0.1, 0.15) is 0 Å². The first-order chi connectivity index (χ1) is 19.3. The molecule has 1 fully saturated rings. The van der Waals surface area contributed by atoms with Crippen molar-refractivity contribution in [3.63, 3.8) is 0 Å². The van der Waals surface area contributed by atoms with Crippen LogP contribution >= 0.6 is 11.6 Å². The van der Waals surface area contributed by atoms with E-state index < -0.39 is 16.7 Å². The molecule has 1 saturated heterocycles. The van der Waals surface area contributed by atoms with Crippen LogP contribution in [-0.4, -0.2) is 41.3 Å². The highest BCUT2D eigenvalue weighted by Crippen LogP contribution is 2.38. The van der Waals surface area contributed by atoms with Crippen molar-refractivity contribution in [1.29, 1.82) is 0 Å². The smallest absolute Gasteiger partial charge is 0.336 e. The van der Waals surface area contributed by atoms with Gasteiger partial charge in [0, 0.05) is 34.5 Å². The van der Waals surface area contributed by atoms with Gasteiger partial charge in [-0.1, -0.05) is 48.0 Å². The number of hydrogen-bond donors (Lipinski definition) is 1. The summed E-state index contributed by atoms with van der Waals surface area (Å²) in [6.45, 7) is 0.719. The normalized spacial score (nSPS) is 14.6. The van der Waals surface area contributed by atoms with Crippen molar-refractivity contribution in [2.75, 3.05) is 20.3 Å². The monoisotopic (exact) mass is 560 g/mol. The largest absolute Gasteiger partial charge is 0.490 e. The third-order valence-electron chi connectivity index (χ3n) is 6.76. The lowest BCUT2D eigenvalue weighted by Gasteiger charge is -2.28. The van der Waals surface area contributed by atoms with Gasteiger partial charge in [-0.3, -0.25) is 10.1 Å². The summed E-state index contributed by atoms with van der Waals surface area (Å²) >= 11 is 6.11. The molecule has 0 spiro atoms. The van der Waals surface area contributed by atoms with Crippen molar-refractivity contribution in [3.05, 3.63) is 110 Å². The molecule has 3 aromatic carbocycles. The van der Waals surface area contributed by atoms with Crippen LogP contribution in [0.4, 0.5) is 5.69 Å². The minimum atomic E-state index is -1.21. The molecule has 40 heavy (non-hydrogen) atoms. The quantitative estimate of drug-likeness (QED) is 0.182. The number of halogens is 1. The highest BCUT2D eigenvalue weighted by atomic mass is 35.5. The van der Waals surface area contributed by atoms with Crippen molar-refractivity contribution in [1.82, 2.24) is 4.98 Å². The number of nitro benzene ring substituents is 1. The van der Waals surface area contributed by atoms with Crippen LogP contribution in [0.5, 0.6) is 5.75 Å². The molecule has 1 aliphatic rings. The average Bonchev–Trinajstić information content (AvgIpc) is 3.44. The number of rotatable bonds is 9. The van der Waals surface area contributed by atoms with Crippen molar-refractivity contribution in [2.24, 2.45) is 0 Å². The topological polar surface area (TPSA) is 121 Å². The van der Waals surface area contributed by atoms with E-state index in [1.54, 1.807) is 0 Å². The zero-order valence-corrected chi connectivity index (χ0v) is 22.3. The minimum Gasteiger partial charge on any atom is -0.490 e. The molecule has 0 radical (unpaired) electrons. The second-order valence-corrected chi connectivity index (χ2v) is 9.66. The van der Waals surface area contributed by atoms with Crippen LogP contribution in [0.1, 0.15) is 39.2 Å². The third-order valence-corrected chi connectivity index (χ3v) is 6.99. The third kappa shape index (κ3) is 5.67. The van der Waals surface area contributed by atoms with Gasteiger partial charge in [-0.05, 0) is 47.9 Å². The summed E-state index contributed by atoms with van der Waals surface area (Å²) in [5.74, 6) is -2.45. The molecule has 0 amide bonds. The lowest BCUT2D eigenvalue weighted by atomic mass is 9.93. The minimum absolute atomic E-state index is 0.0727. The van der Waals surface area contributed by atoms with E-state index in [1.807, 2.05) is 66.7 Å². The van der Waals surface area contributed by atoms with Gasteiger partial charge >= 0.3 is 11.7 Å². The fourth-order valence-corrected chi connectivity index (χ4v) is 4.96. The number of methoxy groups -OCH3 is 1. The van der Waals surface area contributed by atoms with Crippen molar-refractivity contribution in [3.8, 4) is 5.75 Å². The van der Waals surface area contributed by atoms with Crippen LogP contribution in [0, 0.1) is 10.1 Å². The molecule has 1 N–H and O–H groups in total. The maximum atomic E-state index is 11.9. The molecule has 1 aromatic heterocycles. The number of pyridine rings is 1. The first-order valence-corrected chi connectivity index (χ1v) is 12.9. The van der Waals surface area contributed by atoms with E-state index >= 15 is 0 Å². The number of carboxylic acids is 1. The lowest BCUT2D eigenvalue weighted by Crippen LogP contribution is -2.28. The number of nitro groups is 1. The predicted molar refractivity (Wildman–Crippen MR) is 151 cm³/mol. The van der Waals surface area contributed by atoms with Crippen LogP contribution in [0.25, 0.3) is 23.1 Å². The van der Waals surface area contributed by atoms with Crippen LogP contribution in [0.15, 0.2) is 66.7 Å². The molecule has 204 valence electrons. The summed E-state index contributed by atoms with van der Waals surface area (Å²) in [7, 11) is 1.26. The number of carboxylic acid groups (broad SMARTS) is 1. The Kier molecular flexibility index (Phi) is 7.79. The highest BCUT2D eigenvalue weighted by molar-refractivity contribution is 6.31. The van der Waals surface area contributed by atoms with Gasteiger partial charge < -0.3 is 19.3 Å². The standard InChI is InChI=1S/C30H25ClN2O7/c1-38-28-18-25(29(34)35)21(16-27(28)33(36)37)11-12-30(39-13-14-40-30)22-4-2-3-19(15-22)5-9-24-10-7-20-6-8-23(31)17-26(20)32-24/h2-10,15-18H,11-14H2,1H3,(H,34,35)/b9-5+. The van der Waals surface area contributed by atoms with Crippen molar-refractivity contribution >= 4 is 46.3 Å². The molecular weight excluding hydrogens is 536 g/mol. The number of aromatic carboxylic acids is 1. The predicted octanol–water partition coefficient (Wildman–Crippen LogP) is 6.51. The zero-order valence-electron chi connectivity index (χ0n) is 21.5. The van der Waals surface area contributed by atoms with Gasteiger partial charge in [-0.2, -0.15) is 0 Å². The summed E-state index contributed by atoms with van der Waals surface area (Å²) in [4.78, 5) is 27.5. The number of benzene rings is 3. The first-order valence-electron chi connectivity index (χ1n) is 12.5. The molecular formula is C30H25ClN2O7. The Labute approximate surface area is 234 Å². The number of hydrogen-bond acceptors (Lipinski definition) is 7. The Morgan fingerprint density at radius 2 is 1.90 bits per heavy atom. The van der Waals surface area contributed by atoms with Gasteiger partial charge in [0.2, 0.25) is 0 Å². The van der Waals surface area contributed by atoms with E-state index in [9.17, 15) is 20.0 Å². The van der Waals surface area contributed by atoms with Crippen LogP contribution < -0.4 is 4.74 Å². The maximum Gasteiger partial charge on any atom is 0.336 e. The Bertz CT molecular complexity index is 1630. The van der Waals surface area contributed by atoms with E-state index in [0.717, 1.165) is 27.7 Å². The molecule has 0 aliphatic carbocycles. The molecule has 2 heterocycles. The van der Waals surface area contributed by atoms with E-state index in [2.05, 4.69) is 4.98 Å². The number of aromatic nitrogens is 1. The molecule has 0 unspecified atom stereocenters. The number of nitrogens with zero attached hydrogens (tertiary/aromatic N) is 2. The van der Waals surface area contributed by atoms with Crippen LogP contribution in [0.2, 0.25) is 5.02 Å². The summed E-state index contributed by atoms with van der Waals surface area (Å²) in [6.07, 6.45) is 4.24. The molecule has 10 heteroatoms. The zero-order chi connectivity index (χ0) is 28.3. The summed E-state index contributed by atoms with van der Waals surface area (Å²) in [5.41, 5.74) is 3.12. The van der Waals surface area contributed by atoms with E-state index in [-0.39, 0.29) is 35.4 Å². The fourth-order valence-electron chi connectivity index (χ4n) is 4.79. The Hall–Kier alpha value is -4.31. The van der Waals surface area contributed by atoms with Crippen molar-refractivity contribution in [2.45, 2.75) is 18.6 Å². The van der Waals surface area contributed by atoms with Crippen LogP contribution in [0.3, 0.4) is 0 Å².